The minimum atomic E-state index is 0.709. The van der Waals surface area contributed by atoms with Gasteiger partial charge in [0.15, 0.2) is 0 Å². The fraction of sp³-hybridized carbons (Fsp3) is 0.182. The third-order valence-electron chi connectivity index (χ3n) is 2.34. The van der Waals surface area contributed by atoms with E-state index in [2.05, 4.69) is 20.9 Å². The van der Waals surface area contributed by atoms with Crippen LogP contribution in [0.1, 0.15) is 5.56 Å². The van der Waals surface area contributed by atoms with Gasteiger partial charge in [-0.1, -0.05) is 11.6 Å². The number of rotatable bonds is 1. The Hall–Kier alpha value is -0.800. The summed E-state index contributed by atoms with van der Waals surface area (Å²) in [4.78, 5) is 4.27. The van der Waals surface area contributed by atoms with E-state index in [-0.39, 0.29) is 0 Å². The van der Waals surface area contributed by atoms with Crippen molar-refractivity contribution in [2.24, 2.45) is 0 Å². The molecule has 2 aromatic rings. The van der Waals surface area contributed by atoms with Crippen molar-refractivity contribution in [2.45, 2.75) is 6.92 Å². The van der Waals surface area contributed by atoms with Crippen LogP contribution in [0.3, 0.4) is 0 Å². The summed E-state index contributed by atoms with van der Waals surface area (Å²) < 4.78 is 6.17. The average molecular weight is 287 g/mol. The topological polar surface area (TPSA) is 22.1 Å². The molecular weight excluding hydrogens is 277 g/mol. The van der Waals surface area contributed by atoms with Gasteiger partial charge in [0.2, 0.25) is 0 Å². The van der Waals surface area contributed by atoms with Gasteiger partial charge in [-0.25, -0.2) is 0 Å². The molecule has 2 nitrogen and oxygen atoms in total. The van der Waals surface area contributed by atoms with E-state index in [1.54, 1.807) is 19.4 Å². The molecule has 0 radical (unpaired) electrons. The Morgan fingerprint density at radius 2 is 2.20 bits per heavy atom. The van der Waals surface area contributed by atoms with Crippen LogP contribution < -0.4 is 4.74 Å². The van der Waals surface area contributed by atoms with E-state index in [9.17, 15) is 0 Å². The maximum absolute atomic E-state index is 6.13. The van der Waals surface area contributed by atoms with Crippen molar-refractivity contribution in [1.29, 1.82) is 0 Å². The molecule has 0 saturated heterocycles. The van der Waals surface area contributed by atoms with Crippen molar-refractivity contribution >= 4 is 38.4 Å². The second-order valence-corrected chi connectivity index (χ2v) is 4.40. The van der Waals surface area contributed by atoms with Gasteiger partial charge in [0.25, 0.3) is 0 Å². The monoisotopic (exact) mass is 285 g/mol. The zero-order valence-electron chi connectivity index (χ0n) is 8.34. The molecule has 0 unspecified atom stereocenters. The van der Waals surface area contributed by atoms with Crippen molar-refractivity contribution in [3.63, 3.8) is 0 Å². The highest BCUT2D eigenvalue weighted by Crippen LogP contribution is 2.36. The van der Waals surface area contributed by atoms with Crippen LogP contribution in [0.4, 0.5) is 0 Å². The van der Waals surface area contributed by atoms with Gasteiger partial charge in [0, 0.05) is 17.6 Å². The molecule has 1 aromatic carbocycles. The van der Waals surface area contributed by atoms with Crippen LogP contribution in [0.25, 0.3) is 10.9 Å². The van der Waals surface area contributed by atoms with Crippen molar-refractivity contribution in [1.82, 2.24) is 4.98 Å². The van der Waals surface area contributed by atoms with E-state index in [4.69, 9.17) is 16.3 Å². The summed E-state index contributed by atoms with van der Waals surface area (Å²) in [7, 11) is 1.63. The van der Waals surface area contributed by atoms with Gasteiger partial charge >= 0.3 is 0 Å². The third kappa shape index (κ3) is 1.70. The number of ether oxygens (including phenoxy) is 1. The quantitative estimate of drug-likeness (QED) is 0.791. The van der Waals surface area contributed by atoms with Crippen molar-refractivity contribution in [3.8, 4) is 5.75 Å². The van der Waals surface area contributed by atoms with Crippen LogP contribution in [0.5, 0.6) is 5.75 Å². The van der Waals surface area contributed by atoms with Crippen LogP contribution in [0, 0.1) is 6.92 Å². The first-order valence-corrected chi connectivity index (χ1v) is 5.59. The SMILES string of the molecule is COc1cc2nccc(Cl)c2c(C)c1Br. The summed E-state index contributed by atoms with van der Waals surface area (Å²) in [5, 5.41) is 1.67. The van der Waals surface area contributed by atoms with Crippen molar-refractivity contribution in [2.75, 3.05) is 7.11 Å². The number of halogens is 2. The van der Waals surface area contributed by atoms with E-state index in [1.807, 2.05) is 13.0 Å². The lowest BCUT2D eigenvalue weighted by atomic mass is 10.1. The van der Waals surface area contributed by atoms with Gasteiger partial charge in [-0.15, -0.1) is 0 Å². The Labute approximate surface area is 101 Å². The van der Waals surface area contributed by atoms with Gasteiger partial charge in [0.05, 0.1) is 22.1 Å². The van der Waals surface area contributed by atoms with Gasteiger partial charge in [-0.05, 0) is 34.5 Å². The summed E-state index contributed by atoms with van der Waals surface area (Å²) in [6.45, 7) is 1.99. The highest BCUT2D eigenvalue weighted by atomic mass is 79.9. The number of nitrogens with zero attached hydrogens (tertiary/aromatic N) is 1. The van der Waals surface area contributed by atoms with E-state index >= 15 is 0 Å². The number of hydrogen-bond donors (Lipinski definition) is 0. The molecule has 0 aliphatic carbocycles. The Bertz CT molecular complexity index is 527. The van der Waals surface area contributed by atoms with Crippen molar-refractivity contribution in [3.05, 3.63) is 33.4 Å². The Morgan fingerprint density at radius 3 is 2.87 bits per heavy atom. The van der Waals surface area contributed by atoms with Crippen LogP contribution in [0.2, 0.25) is 5.02 Å². The predicted octanol–water partition coefficient (Wildman–Crippen LogP) is 3.97. The number of pyridine rings is 1. The molecule has 78 valence electrons. The first kappa shape index (κ1) is 10.7. The summed E-state index contributed by atoms with van der Waals surface area (Å²) in [6.07, 6.45) is 1.69. The molecule has 0 aliphatic rings. The summed E-state index contributed by atoms with van der Waals surface area (Å²) in [6, 6.07) is 3.66. The lowest BCUT2D eigenvalue weighted by Crippen LogP contribution is -1.91. The minimum Gasteiger partial charge on any atom is -0.495 e. The molecule has 2 rings (SSSR count). The van der Waals surface area contributed by atoms with Crippen molar-refractivity contribution < 1.29 is 4.74 Å². The fourth-order valence-electron chi connectivity index (χ4n) is 1.56. The number of aryl methyl sites for hydroxylation is 1. The van der Waals surface area contributed by atoms with E-state index in [0.717, 1.165) is 26.7 Å². The lowest BCUT2D eigenvalue weighted by molar-refractivity contribution is 0.412. The summed E-state index contributed by atoms with van der Waals surface area (Å²) in [5.41, 5.74) is 1.89. The second-order valence-electron chi connectivity index (χ2n) is 3.20. The predicted molar refractivity (Wildman–Crippen MR) is 65.7 cm³/mol. The Balaban J connectivity index is 2.91. The molecule has 4 heteroatoms. The molecular formula is C11H9BrClNO. The van der Waals surface area contributed by atoms with Gasteiger partial charge in [-0.2, -0.15) is 0 Å². The van der Waals surface area contributed by atoms with Gasteiger partial charge in [-0.3, -0.25) is 4.98 Å². The zero-order chi connectivity index (χ0) is 11.0. The standard InChI is InChI=1S/C11H9BrClNO/c1-6-10-7(13)3-4-14-8(10)5-9(15-2)11(6)12/h3-5H,1-2H3. The molecule has 0 atom stereocenters. The first-order valence-electron chi connectivity index (χ1n) is 4.42. The maximum atomic E-state index is 6.13. The number of methoxy groups -OCH3 is 1. The van der Waals surface area contributed by atoms with E-state index in [1.165, 1.54) is 0 Å². The number of hydrogen-bond acceptors (Lipinski definition) is 2. The van der Waals surface area contributed by atoms with Crippen LogP contribution >= 0.6 is 27.5 Å². The molecule has 0 bridgehead atoms. The highest BCUT2D eigenvalue weighted by Gasteiger charge is 2.11. The average Bonchev–Trinajstić information content (AvgIpc) is 2.23. The van der Waals surface area contributed by atoms with Gasteiger partial charge < -0.3 is 4.74 Å². The summed E-state index contributed by atoms with van der Waals surface area (Å²) >= 11 is 9.61. The molecule has 0 N–H and O–H groups in total. The normalized spacial score (nSPS) is 10.7. The summed E-state index contributed by atoms with van der Waals surface area (Å²) in [5.74, 6) is 0.773. The molecule has 0 fully saturated rings. The van der Waals surface area contributed by atoms with E-state index < -0.39 is 0 Å². The smallest absolute Gasteiger partial charge is 0.135 e. The van der Waals surface area contributed by atoms with Crippen LogP contribution in [-0.2, 0) is 0 Å². The molecule has 0 saturated carbocycles. The fourth-order valence-corrected chi connectivity index (χ4v) is 2.33. The first-order chi connectivity index (χ1) is 7.15. The zero-order valence-corrected chi connectivity index (χ0v) is 10.7. The Morgan fingerprint density at radius 1 is 1.47 bits per heavy atom. The molecule has 0 spiro atoms. The maximum Gasteiger partial charge on any atom is 0.135 e. The number of fused-ring (bicyclic) bond motifs is 1. The lowest BCUT2D eigenvalue weighted by Gasteiger charge is -2.10. The minimum absolute atomic E-state index is 0.709. The Kier molecular flexibility index (Phi) is 2.85. The third-order valence-corrected chi connectivity index (χ3v) is 3.64. The second kappa shape index (κ2) is 3.99. The van der Waals surface area contributed by atoms with Gasteiger partial charge in [0.1, 0.15) is 5.75 Å². The number of benzene rings is 1. The molecule has 0 amide bonds. The van der Waals surface area contributed by atoms with Crippen LogP contribution in [-0.4, -0.2) is 12.1 Å². The molecule has 1 heterocycles. The molecule has 1 aromatic heterocycles. The highest BCUT2D eigenvalue weighted by molar-refractivity contribution is 9.10. The largest absolute Gasteiger partial charge is 0.495 e. The van der Waals surface area contributed by atoms with Crippen LogP contribution in [0.15, 0.2) is 22.8 Å². The molecule has 15 heavy (non-hydrogen) atoms. The van der Waals surface area contributed by atoms with E-state index in [0.29, 0.717) is 5.02 Å². The molecule has 0 aliphatic heterocycles. The number of aromatic nitrogens is 1.